The molecule has 1 heterocycles. The molecule has 0 bridgehead atoms. The lowest BCUT2D eigenvalue weighted by Crippen LogP contribution is -2.21. The first-order valence-electron chi connectivity index (χ1n) is 9.34. The van der Waals surface area contributed by atoms with Crippen molar-refractivity contribution in [2.45, 2.75) is 20.8 Å². The highest BCUT2D eigenvalue weighted by atomic mass is 79.9. The summed E-state index contributed by atoms with van der Waals surface area (Å²) >= 11 is 3.45. The predicted octanol–water partition coefficient (Wildman–Crippen LogP) is 5.51. The number of nitrogens with one attached hydrogen (secondary N) is 1. The van der Waals surface area contributed by atoms with E-state index in [0.29, 0.717) is 11.6 Å². The van der Waals surface area contributed by atoms with Gasteiger partial charge in [0.1, 0.15) is 0 Å². The molecule has 0 saturated carbocycles. The third-order valence-electron chi connectivity index (χ3n) is 4.37. The first-order valence-corrected chi connectivity index (χ1v) is 10.1. The van der Waals surface area contributed by atoms with E-state index in [1.54, 1.807) is 6.21 Å². The summed E-state index contributed by atoms with van der Waals surface area (Å²) in [4.78, 5) is 11.4. The number of aryl methyl sites for hydroxylation is 1. The van der Waals surface area contributed by atoms with E-state index in [1.165, 1.54) is 5.69 Å². The van der Waals surface area contributed by atoms with Crippen molar-refractivity contribution >= 4 is 33.6 Å². The van der Waals surface area contributed by atoms with E-state index in [2.05, 4.69) is 79.4 Å². The van der Waals surface area contributed by atoms with Gasteiger partial charge in [-0.1, -0.05) is 40.2 Å². The van der Waals surface area contributed by atoms with Crippen LogP contribution < -0.4 is 10.3 Å². The van der Waals surface area contributed by atoms with Crippen LogP contribution in [0.25, 0.3) is 11.4 Å². The van der Waals surface area contributed by atoms with E-state index in [-0.39, 0.29) is 0 Å². The summed E-state index contributed by atoms with van der Waals surface area (Å²) in [7, 11) is 0. The van der Waals surface area contributed by atoms with Crippen molar-refractivity contribution in [1.29, 1.82) is 0 Å². The van der Waals surface area contributed by atoms with Crippen LogP contribution in [0, 0.1) is 6.92 Å². The lowest BCUT2D eigenvalue weighted by Gasteiger charge is -2.20. The maximum atomic E-state index is 4.57. The number of anilines is 2. The first-order chi connectivity index (χ1) is 13.6. The molecular formula is C22H24BrN5. The molecule has 6 heteroatoms. The van der Waals surface area contributed by atoms with Crippen molar-refractivity contribution in [3.63, 3.8) is 0 Å². The topological polar surface area (TPSA) is 53.4 Å². The van der Waals surface area contributed by atoms with Crippen LogP contribution in [0.3, 0.4) is 0 Å². The fourth-order valence-corrected chi connectivity index (χ4v) is 3.15. The van der Waals surface area contributed by atoms with E-state index in [1.807, 2.05) is 37.3 Å². The molecule has 0 aliphatic carbocycles. The summed E-state index contributed by atoms with van der Waals surface area (Å²) in [5.41, 5.74) is 7.11. The van der Waals surface area contributed by atoms with Gasteiger partial charge < -0.3 is 4.90 Å². The molecular weight excluding hydrogens is 414 g/mol. The van der Waals surface area contributed by atoms with Gasteiger partial charge in [-0.05, 0) is 50.6 Å². The Morgan fingerprint density at radius 1 is 1.00 bits per heavy atom. The molecule has 0 atom stereocenters. The number of benzene rings is 2. The summed E-state index contributed by atoms with van der Waals surface area (Å²) in [6.07, 6.45) is 1.79. The molecule has 144 valence electrons. The van der Waals surface area contributed by atoms with Crippen LogP contribution in [-0.2, 0) is 0 Å². The molecule has 3 rings (SSSR count). The third kappa shape index (κ3) is 5.16. The third-order valence-corrected chi connectivity index (χ3v) is 4.90. The minimum Gasteiger partial charge on any atom is -0.372 e. The lowest BCUT2D eigenvalue weighted by molar-refractivity contribution is 0.866. The van der Waals surface area contributed by atoms with E-state index < -0.39 is 0 Å². The summed E-state index contributed by atoms with van der Waals surface area (Å²) in [6, 6.07) is 18.2. The zero-order chi connectivity index (χ0) is 19.9. The van der Waals surface area contributed by atoms with Crippen molar-refractivity contribution in [2.75, 3.05) is 23.4 Å². The van der Waals surface area contributed by atoms with E-state index >= 15 is 0 Å². The SMILES string of the molecule is CCN(CC)c1ccc(C=NNc2cc(C)nc(-c3ccc(Br)cc3)n2)cc1. The number of rotatable bonds is 7. The van der Waals surface area contributed by atoms with E-state index in [4.69, 9.17) is 0 Å². The molecule has 0 aliphatic heterocycles. The highest BCUT2D eigenvalue weighted by Gasteiger charge is 2.05. The Morgan fingerprint density at radius 2 is 1.68 bits per heavy atom. The predicted molar refractivity (Wildman–Crippen MR) is 121 cm³/mol. The van der Waals surface area contributed by atoms with Crippen LogP contribution in [0.1, 0.15) is 25.1 Å². The molecule has 3 aromatic rings. The van der Waals surface area contributed by atoms with Gasteiger partial charge in [0.2, 0.25) is 0 Å². The van der Waals surface area contributed by atoms with Gasteiger partial charge in [0, 0.05) is 40.6 Å². The standard InChI is InChI=1S/C22H24BrN5/c1-4-28(5-2)20-12-6-17(7-13-20)15-24-27-21-14-16(3)25-22(26-21)18-8-10-19(23)11-9-18/h6-15H,4-5H2,1-3H3,(H,25,26,27). The maximum Gasteiger partial charge on any atom is 0.161 e. The zero-order valence-electron chi connectivity index (χ0n) is 16.4. The Kier molecular flexibility index (Phi) is 6.76. The second kappa shape index (κ2) is 9.46. The Morgan fingerprint density at radius 3 is 2.32 bits per heavy atom. The van der Waals surface area contributed by atoms with Gasteiger partial charge in [0.25, 0.3) is 0 Å². The maximum absolute atomic E-state index is 4.57. The molecule has 1 aromatic heterocycles. The van der Waals surface area contributed by atoms with Crippen LogP contribution in [0.15, 0.2) is 64.2 Å². The van der Waals surface area contributed by atoms with E-state index in [0.717, 1.165) is 34.4 Å². The molecule has 0 unspecified atom stereocenters. The Bertz CT molecular complexity index is 932. The molecule has 0 radical (unpaired) electrons. The quantitative estimate of drug-likeness (QED) is 0.391. The number of aromatic nitrogens is 2. The normalized spacial score (nSPS) is 11.0. The number of hydrogen-bond donors (Lipinski definition) is 1. The van der Waals surface area contributed by atoms with Gasteiger partial charge in [0.05, 0.1) is 6.21 Å². The average Bonchev–Trinajstić information content (AvgIpc) is 2.70. The Labute approximate surface area is 174 Å². The van der Waals surface area contributed by atoms with Gasteiger partial charge in [-0.2, -0.15) is 5.10 Å². The molecule has 0 fully saturated rings. The largest absolute Gasteiger partial charge is 0.372 e. The van der Waals surface area contributed by atoms with Crippen LogP contribution in [0.2, 0.25) is 0 Å². The minimum atomic E-state index is 0.668. The molecule has 0 saturated heterocycles. The van der Waals surface area contributed by atoms with Gasteiger partial charge in [0.15, 0.2) is 11.6 Å². The number of hydrazone groups is 1. The number of hydrogen-bond acceptors (Lipinski definition) is 5. The summed E-state index contributed by atoms with van der Waals surface area (Å²) < 4.78 is 1.03. The molecule has 0 amide bonds. The molecule has 28 heavy (non-hydrogen) atoms. The molecule has 0 aliphatic rings. The minimum absolute atomic E-state index is 0.668. The Balaban J connectivity index is 1.71. The van der Waals surface area contributed by atoms with Crippen LogP contribution in [0.4, 0.5) is 11.5 Å². The molecule has 2 aromatic carbocycles. The van der Waals surface area contributed by atoms with E-state index in [9.17, 15) is 0 Å². The molecule has 5 nitrogen and oxygen atoms in total. The smallest absolute Gasteiger partial charge is 0.161 e. The van der Waals surface area contributed by atoms with Crippen LogP contribution >= 0.6 is 15.9 Å². The number of nitrogens with zero attached hydrogens (tertiary/aromatic N) is 4. The van der Waals surface area contributed by atoms with Gasteiger partial charge in [-0.25, -0.2) is 9.97 Å². The zero-order valence-corrected chi connectivity index (χ0v) is 17.9. The average molecular weight is 438 g/mol. The lowest BCUT2D eigenvalue weighted by atomic mass is 10.2. The number of halogens is 1. The van der Waals surface area contributed by atoms with Crippen molar-refractivity contribution < 1.29 is 0 Å². The van der Waals surface area contributed by atoms with Gasteiger partial charge >= 0.3 is 0 Å². The molecule has 0 spiro atoms. The second-order valence-electron chi connectivity index (χ2n) is 6.36. The van der Waals surface area contributed by atoms with Crippen molar-refractivity contribution in [1.82, 2.24) is 9.97 Å². The van der Waals surface area contributed by atoms with Crippen molar-refractivity contribution in [3.05, 3.63) is 70.3 Å². The summed E-state index contributed by atoms with van der Waals surface area (Å²) in [6.45, 7) is 8.27. The van der Waals surface area contributed by atoms with Crippen molar-refractivity contribution in [3.8, 4) is 11.4 Å². The van der Waals surface area contributed by atoms with Crippen LogP contribution in [0.5, 0.6) is 0 Å². The highest BCUT2D eigenvalue weighted by molar-refractivity contribution is 9.10. The monoisotopic (exact) mass is 437 g/mol. The van der Waals surface area contributed by atoms with Gasteiger partial charge in [-0.3, -0.25) is 5.43 Å². The second-order valence-corrected chi connectivity index (χ2v) is 7.27. The van der Waals surface area contributed by atoms with Crippen molar-refractivity contribution in [2.24, 2.45) is 5.10 Å². The van der Waals surface area contributed by atoms with Crippen LogP contribution in [-0.4, -0.2) is 29.3 Å². The highest BCUT2D eigenvalue weighted by Crippen LogP contribution is 2.20. The summed E-state index contributed by atoms with van der Waals surface area (Å²) in [5.74, 6) is 1.34. The summed E-state index contributed by atoms with van der Waals surface area (Å²) in [5, 5.41) is 4.33. The molecule has 1 N–H and O–H groups in total. The Hall–Kier alpha value is -2.73. The first kappa shape index (κ1) is 20.0. The fraction of sp³-hybridized carbons (Fsp3) is 0.227. The van der Waals surface area contributed by atoms with Gasteiger partial charge in [-0.15, -0.1) is 0 Å². The fourth-order valence-electron chi connectivity index (χ4n) is 2.89.